The average Bonchev–Trinajstić information content (AvgIpc) is 2.75. The monoisotopic (exact) mass is 548 g/mol. The Hall–Kier alpha value is -1.38. The lowest BCUT2D eigenvalue weighted by Crippen LogP contribution is -3.00. The second-order valence-electron chi connectivity index (χ2n) is 6.71. The molecule has 0 fully saturated rings. The molecule has 4 rings (SSSR count). The van der Waals surface area contributed by atoms with Crippen LogP contribution < -0.4 is 39.9 Å². The second-order valence-corrected chi connectivity index (χ2v) is 11.0. The van der Waals surface area contributed by atoms with E-state index in [4.69, 9.17) is 23.2 Å². The number of hydrogen-bond donors (Lipinski definition) is 0. The van der Waals surface area contributed by atoms with Gasteiger partial charge in [0.25, 0.3) is 0 Å². The maximum absolute atomic E-state index is 6.63. The van der Waals surface area contributed by atoms with Crippen molar-refractivity contribution in [2.24, 2.45) is 0 Å². The first-order valence-electron chi connectivity index (χ1n) is 9.19. The first-order chi connectivity index (χ1) is 13.7. The summed E-state index contributed by atoms with van der Waals surface area (Å²) < 4.78 is 0. The number of halogens is 3. The van der Waals surface area contributed by atoms with Gasteiger partial charge in [0.05, 0.1) is 6.16 Å². The average molecular weight is 549 g/mol. The molecule has 146 valence electrons. The topological polar surface area (TPSA) is 0 Å². The van der Waals surface area contributed by atoms with Gasteiger partial charge in [0, 0.05) is 15.6 Å². The van der Waals surface area contributed by atoms with Gasteiger partial charge in [0.15, 0.2) is 0 Å². The molecule has 0 aliphatic rings. The molecule has 0 spiro atoms. The molecule has 0 radical (unpaired) electrons. The van der Waals surface area contributed by atoms with Gasteiger partial charge in [-0.25, -0.2) is 0 Å². The Labute approximate surface area is 200 Å². The maximum atomic E-state index is 6.63. The fourth-order valence-corrected chi connectivity index (χ4v) is 8.51. The second kappa shape index (κ2) is 10.1. The quantitative estimate of drug-likeness (QED) is 0.265. The molecule has 0 aromatic heterocycles. The lowest BCUT2D eigenvalue weighted by Gasteiger charge is -2.28. The van der Waals surface area contributed by atoms with E-state index < -0.39 is 7.26 Å². The predicted molar refractivity (Wildman–Crippen MR) is 125 cm³/mol. The van der Waals surface area contributed by atoms with Gasteiger partial charge in [-0.2, -0.15) is 0 Å². The van der Waals surface area contributed by atoms with Crippen LogP contribution in [-0.4, -0.2) is 0 Å². The molecule has 4 aromatic carbocycles. The molecule has 0 amide bonds. The Kier molecular flexibility index (Phi) is 7.76. The lowest BCUT2D eigenvalue weighted by molar-refractivity contribution is -0.00000524. The van der Waals surface area contributed by atoms with E-state index in [1.807, 2.05) is 12.1 Å². The van der Waals surface area contributed by atoms with Gasteiger partial charge >= 0.3 is 0 Å². The van der Waals surface area contributed by atoms with Gasteiger partial charge in [0.1, 0.15) is 23.2 Å². The molecule has 0 bridgehead atoms. The van der Waals surface area contributed by atoms with E-state index in [0.717, 1.165) is 16.7 Å². The summed E-state index contributed by atoms with van der Waals surface area (Å²) in [6.07, 6.45) is 0.848. The van der Waals surface area contributed by atoms with E-state index in [2.05, 4.69) is 97.1 Å². The smallest absolute Gasteiger partial charge is 0.116 e. The van der Waals surface area contributed by atoms with Gasteiger partial charge in [0.2, 0.25) is 0 Å². The zero-order valence-electron chi connectivity index (χ0n) is 15.7. The minimum absolute atomic E-state index is 0. The van der Waals surface area contributed by atoms with E-state index >= 15 is 0 Å². The van der Waals surface area contributed by atoms with Crippen molar-refractivity contribution >= 4 is 46.4 Å². The van der Waals surface area contributed by atoms with Crippen molar-refractivity contribution < 1.29 is 24.0 Å². The first-order valence-corrected chi connectivity index (χ1v) is 11.9. The Balaban J connectivity index is 0.00000240. The van der Waals surface area contributed by atoms with E-state index in [0.29, 0.717) is 5.02 Å². The van der Waals surface area contributed by atoms with Crippen molar-refractivity contribution in [1.82, 2.24) is 0 Å². The van der Waals surface area contributed by atoms with Crippen molar-refractivity contribution in [2.75, 3.05) is 0 Å². The van der Waals surface area contributed by atoms with E-state index in [-0.39, 0.29) is 24.0 Å². The summed E-state index contributed by atoms with van der Waals surface area (Å²) in [5.41, 5.74) is 1.12. The van der Waals surface area contributed by atoms with Crippen molar-refractivity contribution in [3.05, 3.63) is 125 Å². The fourth-order valence-electron chi connectivity index (χ4n) is 3.67. The normalized spacial score (nSPS) is 11.0. The molecule has 29 heavy (non-hydrogen) atoms. The van der Waals surface area contributed by atoms with Crippen LogP contribution in [0, 0.1) is 0 Å². The Morgan fingerprint density at radius 1 is 0.552 bits per heavy atom. The largest absolute Gasteiger partial charge is 1.00 e. The summed E-state index contributed by atoms with van der Waals surface area (Å²) in [6.45, 7) is 0. The number of rotatable bonds is 5. The van der Waals surface area contributed by atoms with Crippen LogP contribution in [0.15, 0.2) is 109 Å². The minimum atomic E-state index is -1.94. The predicted octanol–water partition coefficient (Wildman–Crippen LogP) is 3.49. The Morgan fingerprint density at radius 3 is 1.34 bits per heavy atom. The van der Waals surface area contributed by atoms with Crippen LogP contribution in [0.5, 0.6) is 0 Å². The summed E-state index contributed by atoms with van der Waals surface area (Å²) >= 11 is 12.8. The van der Waals surface area contributed by atoms with Gasteiger partial charge in [-0.3, -0.25) is 0 Å². The molecule has 0 atom stereocenters. The van der Waals surface area contributed by atoms with Gasteiger partial charge < -0.3 is 24.0 Å². The van der Waals surface area contributed by atoms with Crippen molar-refractivity contribution in [3.8, 4) is 0 Å². The zero-order valence-corrected chi connectivity index (χ0v) is 20.2. The number of benzene rings is 4. The molecule has 0 unspecified atom stereocenters. The summed E-state index contributed by atoms with van der Waals surface area (Å²) in [5.74, 6) is 0. The molecule has 0 N–H and O–H groups in total. The van der Waals surface area contributed by atoms with Gasteiger partial charge in [-0.05, 0) is 48.5 Å². The van der Waals surface area contributed by atoms with Crippen LogP contribution in [-0.2, 0) is 6.16 Å². The highest BCUT2D eigenvalue weighted by Crippen LogP contribution is 2.58. The van der Waals surface area contributed by atoms with Crippen LogP contribution in [0.1, 0.15) is 5.56 Å². The summed E-state index contributed by atoms with van der Waals surface area (Å²) in [6, 6.07) is 38.3. The Morgan fingerprint density at radius 2 is 0.966 bits per heavy atom. The minimum Gasteiger partial charge on any atom is -1.00 e. The van der Waals surface area contributed by atoms with Crippen molar-refractivity contribution in [3.63, 3.8) is 0 Å². The van der Waals surface area contributed by atoms with Crippen molar-refractivity contribution in [1.29, 1.82) is 0 Å². The molecule has 0 aliphatic carbocycles. The molecule has 0 nitrogen and oxygen atoms in total. The van der Waals surface area contributed by atoms with E-state index in [9.17, 15) is 0 Å². The summed E-state index contributed by atoms with van der Waals surface area (Å²) in [5, 5.41) is 5.42. The van der Waals surface area contributed by atoms with Gasteiger partial charge in [-0.15, -0.1) is 0 Å². The third-order valence-electron chi connectivity index (χ3n) is 5.01. The van der Waals surface area contributed by atoms with Crippen LogP contribution in [0.3, 0.4) is 0 Å². The summed E-state index contributed by atoms with van der Waals surface area (Å²) in [4.78, 5) is 0. The molecule has 0 heterocycles. The third kappa shape index (κ3) is 4.70. The standard InChI is InChI=1S/C25H20Cl2P.HI/c26-21-17-16-20(25(27)18-21)19-28(22-10-4-1-5-11-22,23-12-6-2-7-13-23)24-14-8-3-9-15-24;/h1-18H,19H2;1H/q+1;/p-1. The fraction of sp³-hybridized carbons (Fsp3) is 0.0400. The molecule has 4 aromatic rings. The highest BCUT2D eigenvalue weighted by Gasteiger charge is 2.45. The zero-order chi connectivity index (χ0) is 19.4. The van der Waals surface area contributed by atoms with E-state index in [1.54, 1.807) is 0 Å². The van der Waals surface area contributed by atoms with Crippen LogP contribution in [0.4, 0.5) is 0 Å². The first kappa shape index (κ1) is 22.3. The lowest BCUT2D eigenvalue weighted by atomic mass is 10.2. The van der Waals surface area contributed by atoms with Crippen LogP contribution in [0.2, 0.25) is 10.0 Å². The van der Waals surface area contributed by atoms with Crippen molar-refractivity contribution in [2.45, 2.75) is 6.16 Å². The van der Waals surface area contributed by atoms with Crippen LogP contribution in [0.25, 0.3) is 0 Å². The third-order valence-corrected chi connectivity index (χ3v) is 9.95. The van der Waals surface area contributed by atoms with E-state index in [1.165, 1.54) is 15.9 Å². The molecular formula is C25H20Cl2IP. The highest BCUT2D eigenvalue weighted by atomic mass is 127. The molecule has 0 saturated heterocycles. The van der Waals surface area contributed by atoms with Gasteiger partial charge in [-0.1, -0.05) is 83.9 Å². The summed E-state index contributed by atoms with van der Waals surface area (Å²) in [7, 11) is -1.94. The SMILES string of the molecule is Clc1ccc(C[P+](c2ccccc2)(c2ccccc2)c2ccccc2)c(Cl)c1.[I-]. The highest BCUT2D eigenvalue weighted by molar-refractivity contribution is 7.95. The number of hydrogen-bond acceptors (Lipinski definition) is 0. The molecule has 0 aliphatic heterocycles. The van der Waals surface area contributed by atoms with Crippen LogP contribution >= 0.6 is 30.5 Å². The molecular weight excluding hydrogens is 529 g/mol. The Bertz CT molecular complexity index is 957. The molecule has 0 saturated carbocycles. The molecule has 4 heteroatoms. The maximum Gasteiger partial charge on any atom is 0.116 e.